The Labute approximate surface area is 153 Å². The van der Waals surface area contributed by atoms with Crippen molar-refractivity contribution >= 4 is 26.0 Å². The van der Waals surface area contributed by atoms with Crippen molar-refractivity contribution in [3.63, 3.8) is 0 Å². The molecule has 0 aliphatic rings. The molecule has 11 heteroatoms. The summed E-state index contributed by atoms with van der Waals surface area (Å²) in [4.78, 5) is -0.193. The molecule has 0 fully saturated rings. The van der Waals surface area contributed by atoms with Gasteiger partial charge in [-0.15, -0.1) is 0 Å². The van der Waals surface area contributed by atoms with Crippen LogP contribution in [-0.2, 0) is 16.6 Å². The molecule has 2 heterocycles. The Kier molecular flexibility index (Phi) is 6.00. The van der Waals surface area contributed by atoms with Crippen molar-refractivity contribution in [2.24, 2.45) is 0 Å². The van der Waals surface area contributed by atoms with Crippen LogP contribution in [0.3, 0.4) is 0 Å². The van der Waals surface area contributed by atoms with Gasteiger partial charge in [0.05, 0.1) is 21.6 Å². The zero-order valence-electron chi connectivity index (χ0n) is 14.3. The van der Waals surface area contributed by atoms with E-state index in [2.05, 4.69) is 30.8 Å². The zero-order chi connectivity index (χ0) is 18.9. The molecule has 0 spiro atoms. The van der Waals surface area contributed by atoms with Gasteiger partial charge in [-0.2, -0.15) is 19.0 Å². The Morgan fingerprint density at radius 1 is 1.12 bits per heavy atom. The molecule has 2 aromatic rings. The lowest BCUT2D eigenvalue weighted by Crippen LogP contribution is -2.26. The lowest BCUT2D eigenvalue weighted by Gasteiger charge is -2.08. The monoisotopic (exact) mass is 439 g/mol. The number of hydrogen-bond donors (Lipinski definition) is 1. The number of alkyl halides is 2. The van der Waals surface area contributed by atoms with E-state index in [1.807, 2.05) is 13.8 Å². The predicted octanol–water partition coefficient (Wildman–Crippen LogP) is 2.84. The normalized spacial score (nSPS) is 12.3. The van der Waals surface area contributed by atoms with E-state index in [0.29, 0.717) is 17.6 Å². The van der Waals surface area contributed by atoms with Crippen molar-refractivity contribution in [3.8, 4) is 0 Å². The summed E-state index contributed by atoms with van der Waals surface area (Å²) in [6, 6.07) is 0. The lowest BCUT2D eigenvalue weighted by atomic mass is 10.4. The first-order chi connectivity index (χ1) is 11.6. The summed E-state index contributed by atoms with van der Waals surface area (Å²) < 4.78 is 56.1. The second-order valence-corrected chi connectivity index (χ2v) is 8.18. The molecule has 0 aliphatic carbocycles. The number of aromatic nitrogens is 4. The second kappa shape index (κ2) is 7.50. The van der Waals surface area contributed by atoms with Gasteiger partial charge in [-0.3, -0.25) is 4.68 Å². The second-order valence-electron chi connectivity index (χ2n) is 5.68. The minimum absolute atomic E-state index is 0.0489. The molecule has 0 radical (unpaired) electrons. The number of sulfonamides is 1. The molecule has 0 amide bonds. The summed E-state index contributed by atoms with van der Waals surface area (Å²) in [5, 5.41) is 7.95. The average Bonchev–Trinajstić information content (AvgIpc) is 2.95. The molecular formula is C14H20BrF2N5O2S. The Morgan fingerprint density at radius 2 is 1.76 bits per heavy atom. The molecule has 0 aromatic carbocycles. The fourth-order valence-electron chi connectivity index (χ4n) is 2.63. The fourth-order valence-corrected chi connectivity index (χ4v) is 4.38. The zero-order valence-corrected chi connectivity index (χ0v) is 16.7. The van der Waals surface area contributed by atoms with Crippen LogP contribution < -0.4 is 4.72 Å². The van der Waals surface area contributed by atoms with Gasteiger partial charge < -0.3 is 0 Å². The third-order valence-corrected chi connectivity index (χ3v) is 6.70. The average molecular weight is 440 g/mol. The van der Waals surface area contributed by atoms with Gasteiger partial charge in [0.2, 0.25) is 10.0 Å². The number of nitrogens with zero attached hydrogens (tertiary/aromatic N) is 4. The van der Waals surface area contributed by atoms with Gasteiger partial charge in [0.15, 0.2) is 0 Å². The van der Waals surface area contributed by atoms with Crippen LogP contribution in [0.5, 0.6) is 0 Å². The summed E-state index contributed by atoms with van der Waals surface area (Å²) in [7, 11) is -3.91. The molecule has 0 atom stereocenters. The quantitative estimate of drug-likeness (QED) is 0.672. The molecule has 2 rings (SSSR count). The number of halogens is 3. The van der Waals surface area contributed by atoms with Crippen molar-refractivity contribution in [2.75, 3.05) is 6.54 Å². The van der Waals surface area contributed by atoms with Crippen molar-refractivity contribution in [2.45, 2.75) is 52.1 Å². The third kappa shape index (κ3) is 4.09. The maximum absolute atomic E-state index is 12.8. The number of nitrogens with one attached hydrogen (secondary N) is 1. The van der Waals surface area contributed by atoms with Crippen LogP contribution in [0.25, 0.3) is 0 Å². The van der Waals surface area contributed by atoms with E-state index in [1.165, 1.54) is 13.8 Å². The topological polar surface area (TPSA) is 81.8 Å². The first-order valence-corrected chi connectivity index (χ1v) is 9.87. The van der Waals surface area contributed by atoms with Gasteiger partial charge in [0.1, 0.15) is 4.90 Å². The molecule has 0 saturated carbocycles. The highest BCUT2D eigenvalue weighted by molar-refractivity contribution is 9.10. The summed E-state index contributed by atoms with van der Waals surface area (Å²) in [6.45, 7) is 4.32. The molecule has 0 saturated heterocycles. The molecule has 7 nitrogen and oxygen atoms in total. The minimum atomic E-state index is -3.91. The summed E-state index contributed by atoms with van der Waals surface area (Å²) >= 11 is 3.44. The molecule has 0 aliphatic heterocycles. The first-order valence-electron chi connectivity index (χ1n) is 7.59. The molecule has 1 N–H and O–H groups in total. The fraction of sp³-hybridized carbons (Fsp3) is 0.571. The number of hydrogen-bond acceptors (Lipinski definition) is 4. The first kappa shape index (κ1) is 20.0. The van der Waals surface area contributed by atoms with Crippen molar-refractivity contribution < 1.29 is 17.2 Å². The van der Waals surface area contributed by atoms with Gasteiger partial charge in [0.25, 0.3) is 0 Å². The van der Waals surface area contributed by atoms with E-state index < -0.39 is 16.6 Å². The Bertz CT molecular complexity index is 876. The molecule has 25 heavy (non-hydrogen) atoms. The van der Waals surface area contributed by atoms with Gasteiger partial charge in [-0.1, -0.05) is 0 Å². The van der Waals surface area contributed by atoms with Crippen LogP contribution in [0.4, 0.5) is 8.78 Å². The van der Waals surface area contributed by atoms with Crippen LogP contribution in [0.1, 0.15) is 35.7 Å². The third-order valence-electron chi connectivity index (χ3n) is 3.84. The van der Waals surface area contributed by atoms with Gasteiger partial charge in [0, 0.05) is 18.8 Å². The maximum Gasteiger partial charge on any atom is 0.333 e. The highest BCUT2D eigenvalue weighted by Gasteiger charge is 2.26. The summed E-state index contributed by atoms with van der Waals surface area (Å²) in [5.74, 6) is 0. The van der Waals surface area contributed by atoms with E-state index in [1.54, 1.807) is 4.68 Å². The minimum Gasteiger partial charge on any atom is -0.268 e. The SMILES string of the molecule is Cc1nn(CCCNS(=O)(=O)c2c(C)nn(C(F)F)c2C)c(C)c1Br. The summed E-state index contributed by atoms with van der Waals surface area (Å²) in [6.07, 6.45) is 0.509. The highest BCUT2D eigenvalue weighted by Crippen LogP contribution is 2.23. The van der Waals surface area contributed by atoms with Crippen molar-refractivity contribution in [1.82, 2.24) is 24.3 Å². The van der Waals surface area contributed by atoms with Gasteiger partial charge in [-0.25, -0.2) is 17.8 Å². The Balaban J connectivity index is 2.04. The van der Waals surface area contributed by atoms with E-state index in [9.17, 15) is 17.2 Å². The lowest BCUT2D eigenvalue weighted by molar-refractivity contribution is 0.0538. The van der Waals surface area contributed by atoms with Crippen molar-refractivity contribution in [3.05, 3.63) is 27.2 Å². The molecule has 2 aromatic heterocycles. The Morgan fingerprint density at radius 3 is 2.24 bits per heavy atom. The smallest absolute Gasteiger partial charge is 0.268 e. The highest BCUT2D eigenvalue weighted by atomic mass is 79.9. The van der Waals surface area contributed by atoms with E-state index >= 15 is 0 Å². The van der Waals surface area contributed by atoms with Crippen LogP contribution in [-0.4, -0.2) is 34.5 Å². The van der Waals surface area contributed by atoms with Crippen LogP contribution >= 0.6 is 15.9 Å². The molecular weight excluding hydrogens is 420 g/mol. The Hall–Kier alpha value is -1.33. The van der Waals surface area contributed by atoms with Gasteiger partial charge in [-0.05, 0) is 50.0 Å². The predicted molar refractivity (Wildman–Crippen MR) is 92.2 cm³/mol. The van der Waals surface area contributed by atoms with Crippen LogP contribution in [0, 0.1) is 27.7 Å². The van der Waals surface area contributed by atoms with E-state index in [0.717, 1.165) is 15.9 Å². The largest absolute Gasteiger partial charge is 0.333 e. The van der Waals surface area contributed by atoms with E-state index in [4.69, 9.17) is 0 Å². The standard InChI is InChI=1S/C14H20BrF2N5O2S/c1-8-12(15)10(3)21(19-8)7-5-6-18-25(23,24)13-9(2)20-22(11(13)4)14(16)17/h14,18H,5-7H2,1-4H3. The molecule has 0 bridgehead atoms. The summed E-state index contributed by atoms with van der Waals surface area (Å²) in [5.41, 5.74) is 1.80. The van der Waals surface area contributed by atoms with E-state index in [-0.39, 0.29) is 22.8 Å². The molecule has 140 valence electrons. The van der Waals surface area contributed by atoms with Crippen LogP contribution in [0.15, 0.2) is 9.37 Å². The van der Waals surface area contributed by atoms with Crippen molar-refractivity contribution in [1.29, 1.82) is 0 Å². The number of aryl methyl sites for hydroxylation is 3. The molecule has 0 unspecified atom stereocenters. The van der Waals surface area contributed by atoms with Crippen LogP contribution in [0.2, 0.25) is 0 Å². The van der Waals surface area contributed by atoms with Gasteiger partial charge >= 0.3 is 6.55 Å². The maximum atomic E-state index is 12.8. The number of rotatable bonds is 7.